The lowest BCUT2D eigenvalue weighted by molar-refractivity contribution is 0.482. The molecule has 0 bridgehead atoms. The van der Waals surface area contributed by atoms with E-state index in [4.69, 9.17) is 28.9 Å². The minimum Gasteiger partial charge on any atom is -0.397 e. The van der Waals surface area contributed by atoms with E-state index in [0.29, 0.717) is 21.8 Å². The standard InChI is InChI=1S/C13H18Cl2N2/c1-8(9-4-2-3-5-9)17-13-7-11(15)10(14)6-12(13)16/h6-9,17H,2-5,16H2,1H3. The molecule has 0 amide bonds. The maximum absolute atomic E-state index is 6.00. The summed E-state index contributed by atoms with van der Waals surface area (Å²) in [7, 11) is 0. The molecule has 0 spiro atoms. The second-order valence-electron chi connectivity index (χ2n) is 4.83. The summed E-state index contributed by atoms with van der Waals surface area (Å²) in [6.07, 6.45) is 5.28. The second-order valence-corrected chi connectivity index (χ2v) is 5.65. The van der Waals surface area contributed by atoms with Crippen molar-refractivity contribution in [1.29, 1.82) is 0 Å². The fraction of sp³-hybridized carbons (Fsp3) is 0.538. The quantitative estimate of drug-likeness (QED) is 0.792. The number of nitrogens with one attached hydrogen (secondary N) is 1. The molecule has 0 radical (unpaired) electrons. The zero-order chi connectivity index (χ0) is 12.4. The van der Waals surface area contributed by atoms with Gasteiger partial charge in [0.25, 0.3) is 0 Å². The molecule has 4 heteroatoms. The lowest BCUT2D eigenvalue weighted by Gasteiger charge is -2.22. The molecule has 94 valence electrons. The first-order valence-corrected chi connectivity index (χ1v) is 6.84. The van der Waals surface area contributed by atoms with Gasteiger partial charge in [-0.25, -0.2) is 0 Å². The summed E-state index contributed by atoms with van der Waals surface area (Å²) in [4.78, 5) is 0. The van der Waals surface area contributed by atoms with Crippen molar-refractivity contribution in [3.05, 3.63) is 22.2 Å². The molecule has 1 aliphatic carbocycles. The molecule has 17 heavy (non-hydrogen) atoms. The van der Waals surface area contributed by atoms with Gasteiger partial charge in [0, 0.05) is 6.04 Å². The van der Waals surface area contributed by atoms with Crippen LogP contribution in [0.3, 0.4) is 0 Å². The molecule has 2 rings (SSSR count). The average molecular weight is 273 g/mol. The van der Waals surface area contributed by atoms with Gasteiger partial charge in [-0.05, 0) is 37.8 Å². The van der Waals surface area contributed by atoms with Crippen LogP contribution in [0.15, 0.2) is 12.1 Å². The summed E-state index contributed by atoms with van der Waals surface area (Å²) >= 11 is 11.9. The number of rotatable bonds is 3. The SMILES string of the molecule is CC(Nc1cc(Cl)c(Cl)cc1N)C1CCCC1. The molecule has 0 aromatic heterocycles. The highest BCUT2D eigenvalue weighted by Gasteiger charge is 2.21. The van der Waals surface area contributed by atoms with Crippen LogP contribution >= 0.6 is 23.2 Å². The van der Waals surface area contributed by atoms with E-state index in [1.807, 2.05) is 6.07 Å². The summed E-state index contributed by atoms with van der Waals surface area (Å²) in [5, 5.41) is 4.50. The molecule has 0 heterocycles. The number of halogens is 2. The van der Waals surface area contributed by atoms with Crippen molar-refractivity contribution in [1.82, 2.24) is 0 Å². The van der Waals surface area contributed by atoms with Crippen LogP contribution < -0.4 is 11.1 Å². The molecule has 1 unspecified atom stereocenters. The first-order chi connectivity index (χ1) is 8.08. The van der Waals surface area contributed by atoms with Crippen LogP contribution in [0.4, 0.5) is 11.4 Å². The molecule has 1 fully saturated rings. The van der Waals surface area contributed by atoms with Gasteiger partial charge in [-0.2, -0.15) is 0 Å². The van der Waals surface area contributed by atoms with E-state index in [1.54, 1.807) is 6.07 Å². The van der Waals surface area contributed by atoms with Crippen molar-refractivity contribution in [2.45, 2.75) is 38.6 Å². The molecule has 1 aromatic carbocycles. The van der Waals surface area contributed by atoms with Crippen molar-refractivity contribution < 1.29 is 0 Å². The van der Waals surface area contributed by atoms with Crippen molar-refractivity contribution in [2.75, 3.05) is 11.1 Å². The zero-order valence-electron chi connectivity index (χ0n) is 9.97. The number of hydrogen-bond donors (Lipinski definition) is 2. The number of nitrogen functional groups attached to an aromatic ring is 1. The van der Waals surface area contributed by atoms with Crippen molar-refractivity contribution >= 4 is 34.6 Å². The van der Waals surface area contributed by atoms with Gasteiger partial charge in [-0.1, -0.05) is 36.0 Å². The molecule has 3 N–H and O–H groups in total. The molecule has 1 saturated carbocycles. The monoisotopic (exact) mass is 272 g/mol. The topological polar surface area (TPSA) is 38.0 Å². The van der Waals surface area contributed by atoms with Gasteiger partial charge in [-0.15, -0.1) is 0 Å². The normalized spacial score (nSPS) is 18.3. The van der Waals surface area contributed by atoms with Crippen LogP contribution in [0, 0.1) is 5.92 Å². The number of anilines is 2. The molecule has 1 aromatic rings. The van der Waals surface area contributed by atoms with Crippen LogP contribution in [-0.2, 0) is 0 Å². The molecule has 2 nitrogen and oxygen atoms in total. The Morgan fingerprint density at radius 1 is 1.24 bits per heavy atom. The minimum absolute atomic E-state index is 0.428. The first-order valence-electron chi connectivity index (χ1n) is 6.09. The van der Waals surface area contributed by atoms with Gasteiger partial charge >= 0.3 is 0 Å². The van der Waals surface area contributed by atoms with Crippen LogP contribution in [0.1, 0.15) is 32.6 Å². The average Bonchev–Trinajstić information content (AvgIpc) is 2.79. The smallest absolute Gasteiger partial charge is 0.0614 e. The van der Waals surface area contributed by atoms with Crippen molar-refractivity contribution in [3.8, 4) is 0 Å². The third kappa shape index (κ3) is 2.99. The Balaban J connectivity index is 2.09. The van der Waals surface area contributed by atoms with Crippen LogP contribution in [0.25, 0.3) is 0 Å². The molecule has 0 saturated heterocycles. The van der Waals surface area contributed by atoms with Crippen LogP contribution in [-0.4, -0.2) is 6.04 Å². The summed E-state index contributed by atoms with van der Waals surface area (Å²) in [6, 6.07) is 3.94. The predicted molar refractivity (Wildman–Crippen MR) is 75.9 cm³/mol. The van der Waals surface area contributed by atoms with E-state index in [2.05, 4.69) is 12.2 Å². The van der Waals surface area contributed by atoms with Gasteiger partial charge in [0.1, 0.15) is 0 Å². The fourth-order valence-corrected chi connectivity index (χ4v) is 2.84. The maximum Gasteiger partial charge on any atom is 0.0614 e. The molecule has 0 aliphatic heterocycles. The highest BCUT2D eigenvalue weighted by molar-refractivity contribution is 6.42. The lowest BCUT2D eigenvalue weighted by atomic mass is 9.99. The third-order valence-corrected chi connectivity index (χ3v) is 4.30. The van der Waals surface area contributed by atoms with E-state index >= 15 is 0 Å². The maximum atomic E-state index is 6.00. The second kappa shape index (κ2) is 5.36. The van der Waals surface area contributed by atoms with Gasteiger partial charge in [-0.3, -0.25) is 0 Å². The highest BCUT2D eigenvalue weighted by atomic mass is 35.5. The summed E-state index contributed by atoms with van der Waals surface area (Å²) in [6.45, 7) is 2.21. The minimum atomic E-state index is 0.428. The summed E-state index contributed by atoms with van der Waals surface area (Å²) in [5.41, 5.74) is 7.48. The molecular formula is C13H18Cl2N2. The summed E-state index contributed by atoms with van der Waals surface area (Å²) in [5.74, 6) is 0.740. The van der Waals surface area contributed by atoms with Gasteiger partial charge in [0.05, 0.1) is 21.4 Å². The third-order valence-electron chi connectivity index (χ3n) is 3.58. The molecular weight excluding hydrogens is 255 g/mol. The number of hydrogen-bond acceptors (Lipinski definition) is 2. The fourth-order valence-electron chi connectivity index (χ4n) is 2.51. The van der Waals surface area contributed by atoms with Crippen molar-refractivity contribution in [3.63, 3.8) is 0 Å². The van der Waals surface area contributed by atoms with Crippen LogP contribution in [0.2, 0.25) is 10.0 Å². The van der Waals surface area contributed by atoms with Crippen LogP contribution in [0.5, 0.6) is 0 Å². The van der Waals surface area contributed by atoms with Gasteiger partial charge in [0.2, 0.25) is 0 Å². The Labute approximate surface area is 112 Å². The van der Waals surface area contributed by atoms with Crippen molar-refractivity contribution in [2.24, 2.45) is 5.92 Å². The van der Waals surface area contributed by atoms with E-state index < -0.39 is 0 Å². The predicted octanol–water partition coefficient (Wildman–Crippen LogP) is 4.57. The van der Waals surface area contributed by atoms with E-state index in [0.717, 1.165) is 11.6 Å². The number of nitrogens with two attached hydrogens (primary N) is 1. The highest BCUT2D eigenvalue weighted by Crippen LogP contribution is 2.34. The Bertz CT molecular complexity index is 401. The zero-order valence-corrected chi connectivity index (χ0v) is 11.5. The van der Waals surface area contributed by atoms with Gasteiger partial charge in [0.15, 0.2) is 0 Å². The summed E-state index contributed by atoms with van der Waals surface area (Å²) < 4.78 is 0. The first kappa shape index (κ1) is 12.8. The largest absolute Gasteiger partial charge is 0.397 e. The van der Waals surface area contributed by atoms with E-state index in [9.17, 15) is 0 Å². The molecule has 1 aliphatic rings. The Morgan fingerprint density at radius 3 is 2.47 bits per heavy atom. The van der Waals surface area contributed by atoms with E-state index in [-0.39, 0.29) is 0 Å². The Kier molecular flexibility index (Phi) is 4.05. The molecule has 1 atom stereocenters. The lowest BCUT2D eigenvalue weighted by Crippen LogP contribution is -2.24. The Morgan fingerprint density at radius 2 is 1.82 bits per heavy atom. The Hall–Kier alpha value is -0.600. The van der Waals surface area contributed by atoms with E-state index in [1.165, 1.54) is 25.7 Å². The number of benzene rings is 1. The van der Waals surface area contributed by atoms with Gasteiger partial charge < -0.3 is 11.1 Å².